The molecule has 1 atom stereocenters. The van der Waals surface area contributed by atoms with Crippen LogP contribution in [0.25, 0.3) is 11.1 Å². The molecule has 2 aromatic carbocycles. The molecule has 0 amide bonds. The highest BCUT2D eigenvalue weighted by atomic mass is 32.2. The van der Waals surface area contributed by atoms with Gasteiger partial charge >= 0.3 is 0 Å². The van der Waals surface area contributed by atoms with E-state index in [2.05, 4.69) is 16.0 Å². The van der Waals surface area contributed by atoms with Gasteiger partial charge in [0.1, 0.15) is 12.4 Å². The number of hydrogen-bond donors (Lipinski definition) is 1. The molecule has 2 aromatic heterocycles. The fourth-order valence-corrected chi connectivity index (χ4v) is 5.85. The zero-order chi connectivity index (χ0) is 28.2. The highest BCUT2D eigenvalue weighted by Crippen LogP contribution is 2.34. The first-order valence-corrected chi connectivity index (χ1v) is 13.9. The number of rotatable bonds is 9. The van der Waals surface area contributed by atoms with Gasteiger partial charge in [-0.2, -0.15) is 10.2 Å². The van der Waals surface area contributed by atoms with Crippen molar-refractivity contribution in [2.75, 3.05) is 6.61 Å². The smallest absolute Gasteiger partial charge is 0.296 e. The average molecular weight is 545 g/mol. The number of pyridine rings is 1. The maximum absolute atomic E-state index is 13.7. The number of ether oxygens (including phenoxy) is 1. The predicted molar refractivity (Wildman–Crippen MR) is 145 cm³/mol. The third-order valence-electron chi connectivity index (χ3n) is 6.42. The van der Waals surface area contributed by atoms with Crippen LogP contribution in [0.15, 0.2) is 81.4 Å². The average Bonchev–Trinajstić information content (AvgIpc) is 2.94. The summed E-state index contributed by atoms with van der Waals surface area (Å²) in [6, 6.07) is 18.0. The van der Waals surface area contributed by atoms with Crippen molar-refractivity contribution < 1.29 is 18.3 Å². The Morgan fingerprint density at radius 3 is 2.49 bits per heavy atom. The number of benzene rings is 2. The second-order valence-electron chi connectivity index (χ2n) is 8.82. The first-order chi connectivity index (χ1) is 18.7. The van der Waals surface area contributed by atoms with Crippen LogP contribution in [-0.2, 0) is 21.2 Å². The van der Waals surface area contributed by atoms with Crippen molar-refractivity contribution in [2.45, 2.75) is 49.6 Å². The van der Waals surface area contributed by atoms with Gasteiger partial charge in [-0.1, -0.05) is 37.3 Å². The molecule has 0 saturated heterocycles. The topological polar surface area (TPSA) is 135 Å². The molecule has 1 N–H and O–H groups in total. The Balaban J connectivity index is 1.88. The minimum atomic E-state index is -4.46. The Bertz CT molecular complexity index is 1710. The first kappa shape index (κ1) is 27.7. The number of nitriles is 1. The van der Waals surface area contributed by atoms with E-state index in [9.17, 15) is 23.6 Å². The molecule has 2 heterocycles. The van der Waals surface area contributed by atoms with Crippen LogP contribution in [0.1, 0.15) is 49.0 Å². The molecule has 0 radical (unpaired) electrons. The molecule has 0 aliphatic carbocycles. The van der Waals surface area contributed by atoms with Crippen LogP contribution < -0.4 is 5.56 Å². The van der Waals surface area contributed by atoms with E-state index < -0.39 is 32.2 Å². The lowest BCUT2D eigenvalue weighted by Crippen LogP contribution is -2.28. The molecule has 0 aliphatic heterocycles. The highest BCUT2D eigenvalue weighted by molar-refractivity contribution is 7.91. The van der Waals surface area contributed by atoms with Crippen LogP contribution in [0.2, 0.25) is 0 Å². The van der Waals surface area contributed by atoms with E-state index in [1.54, 1.807) is 55.6 Å². The van der Waals surface area contributed by atoms with E-state index in [0.29, 0.717) is 24.2 Å². The highest BCUT2D eigenvalue weighted by Gasteiger charge is 2.32. The summed E-state index contributed by atoms with van der Waals surface area (Å²) in [5, 5.41) is 20.8. The Kier molecular flexibility index (Phi) is 8.24. The standard InChI is InChI=1S/C29H28N4O5S/c1-4-25(22-9-6-8-20(16-22)17-30)33-26(18-38-5-2)32-28(34)27(29(33)35)39(36,37)23-13-11-21(12-14-23)24-10-7-15-31-19(24)3/h6-16,25,35H,4-5,18H2,1-3H3/t25-/m0/s1. The fraction of sp³-hybridized carbons (Fsp3) is 0.241. The van der Waals surface area contributed by atoms with Gasteiger partial charge in [0, 0.05) is 24.1 Å². The molecular weight excluding hydrogens is 516 g/mol. The van der Waals surface area contributed by atoms with Gasteiger partial charge in [-0.3, -0.25) is 14.3 Å². The number of hydrogen-bond acceptors (Lipinski definition) is 8. The molecule has 0 spiro atoms. The van der Waals surface area contributed by atoms with Gasteiger partial charge in [0.2, 0.25) is 15.7 Å². The molecule has 0 unspecified atom stereocenters. The van der Waals surface area contributed by atoms with Crippen LogP contribution in [0.5, 0.6) is 5.88 Å². The van der Waals surface area contributed by atoms with Crippen LogP contribution in [0.3, 0.4) is 0 Å². The Labute approximate surface area is 226 Å². The van der Waals surface area contributed by atoms with E-state index in [0.717, 1.165) is 16.8 Å². The van der Waals surface area contributed by atoms with Gasteiger partial charge in [0.05, 0.1) is 22.6 Å². The summed E-state index contributed by atoms with van der Waals surface area (Å²) in [5.74, 6) is -0.652. The number of aromatic nitrogens is 3. The first-order valence-electron chi connectivity index (χ1n) is 12.4. The number of aryl methyl sites for hydroxylation is 1. The van der Waals surface area contributed by atoms with Crippen molar-refractivity contribution in [1.82, 2.24) is 14.5 Å². The predicted octanol–water partition coefficient (Wildman–Crippen LogP) is 4.56. The largest absolute Gasteiger partial charge is 0.493 e. The molecule has 0 bridgehead atoms. The van der Waals surface area contributed by atoms with Gasteiger partial charge in [-0.05, 0) is 61.7 Å². The molecule has 200 valence electrons. The van der Waals surface area contributed by atoms with Crippen LogP contribution in [-0.4, -0.2) is 34.7 Å². The van der Waals surface area contributed by atoms with E-state index in [-0.39, 0.29) is 17.3 Å². The molecule has 10 heteroatoms. The van der Waals surface area contributed by atoms with Crippen molar-refractivity contribution in [3.05, 3.63) is 99.9 Å². The minimum absolute atomic E-state index is 0.0786. The van der Waals surface area contributed by atoms with Crippen LogP contribution in [0, 0.1) is 18.3 Å². The molecule has 4 rings (SSSR count). The van der Waals surface area contributed by atoms with E-state index >= 15 is 0 Å². The van der Waals surface area contributed by atoms with Crippen molar-refractivity contribution in [1.29, 1.82) is 5.26 Å². The zero-order valence-corrected chi connectivity index (χ0v) is 22.6. The summed E-state index contributed by atoms with van der Waals surface area (Å²) >= 11 is 0. The number of sulfone groups is 1. The number of aromatic hydroxyl groups is 1. The maximum Gasteiger partial charge on any atom is 0.296 e. The van der Waals surface area contributed by atoms with Gasteiger partial charge in [-0.15, -0.1) is 0 Å². The van der Waals surface area contributed by atoms with E-state index in [1.165, 1.54) is 16.7 Å². The fourth-order valence-electron chi connectivity index (χ4n) is 4.51. The van der Waals surface area contributed by atoms with Gasteiger partial charge in [-0.25, -0.2) is 8.42 Å². The lowest BCUT2D eigenvalue weighted by Gasteiger charge is -2.25. The Hall–Kier alpha value is -4.33. The van der Waals surface area contributed by atoms with Crippen molar-refractivity contribution in [3.63, 3.8) is 0 Å². The zero-order valence-electron chi connectivity index (χ0n) is 21.8. The quantitative estimate of drug-likeness (QED) is 0.324. The summed E-state index contributed by atoms with van der Waals surface area (Å²) in [6.45, 7) is 5.67. The molecule has 39 heavy (non-hydrogen) atoms. The SMILES string of the molecule is CCOCc1nc(=O)c(S(=O)(=O)c2ccc(-c3cccnc3C)cc2)c(O)n1[C@@H](CC)c1cccc(C#N)c1. The lowest BCUT2D eigenvalue weighted by molar-refractivity contribution is 0.121. The summed E-state index contributed by atoms with van der Waals surface area (Å²) in [7, 11) is -4.46. The summed E-state index contributed by atoms with van der Waals surface area (Å²) < 4.78 is 34.2. The summed E-state index contributed by atoms with van der Waals surface area (Å²) in [5.41, 5.74) is 2.37. The van der Waals surface area contributed by atoms with Gasteiger partial charge in [0.15, 0.2) is 4.90 Å². The van der Waals surface area contributed by atoms with Gasteiger partial charge in [0.25, 0.3) is 5.56 Å². The summed E-state index contributed by atoms with van der Waals surface area (Å²) in [4.78, 5) is 20.4. The Morgan fingerprint density at radius 2 is 1.85 bits per heavy atom. The maximum atomic E-state index is 13.7. The molecular formula is C29H28N4O5S. The molecule has 4 aromatic rings. The summed E-state index contributed by atoms with van der Waals surface area (Å²) in [6.07, 6.45) is 2.08. The van der Waals surface area contributed by atoms with Crippen LogP contribution in [0.4, 0.5) is 0 Å². The molecule has 0 saturated carbocycles. The van der Waals surface area contributed by atoms with Crippen LogP contribution >= 0.6 is 0 Å². The second kappa shape index (κ2) is 11.6. The normalized spacial score (nSPS) is 12.2. The number of nitrogens with zero attached hydrogens (tertiary/aromatic N) is 4. The third-order valence-corrected chi connectivity index (χ3v) is 8.21. The lowest BCUT2D eigenvalue weighted by atomic mass is 10.0. The monoisotopic (exact) mass is 544 g/mol. The van der Waals surface area contributed by atoms with Crippen molar-refractivity contribution in [2.24, 2.45) is 0 Å². The van der Waals surface area contributed by atoms with E-state index in [1.807, 2.05) is 19.9 Å². The Morgan fingerprint density at radius 1 is 1.10 bits per heavy atom. The van der Waals surface area contributed by atoms with Gasteiger partial charge < -0.3 is 9.84 Å². The van der Waals surface area contributed by atoms with Crippen molar-refractivity contribution >= 4 is 9.84 Å². The minimum Gasteiger partial charge on any atom is -0.493 e. The molecule has 0 aliphatic rings. The molecule has 9 nitrogen and oxygen atoms in total. The van der Waals surface area contributed by atoms with E-state index in [4.69, 9.17) is 4.74 Å². The van der Waals surface area contributed by atoms with Crippen molar-refractivity contribution in [3.8, 4) is 23.1 Å². The molecule has 0 fully saturated rings. The third kappa shape index (κ3) is 5.46. The second-order valence-corrected chi connectivity index (χ2v) is 10.7.